The predicted molar refractivity (Wildman–Crippen MR) is 75.0 cm³/mol. The van der Waals surface area contributed by atoms with E-state index in [9.17, 15) is 4.39 Å². The zero-order valence-corrected chi connectivity index (χ0v) is 11.7. The zero-order chi connectivity index (χ0) is 12.7. The first-order chi connectivity index (χ1) is 8.15. The molecule has 0 radical (unpaired) electrons. The molecule has 1 N–H and O–H groups in total. The summed E-state index contributed by atoms with van der Waals surface area (Å²) in [5.41, 5.74) is 1.17. The maximum atomic E-state index is 12.9. The molecule has 0 saturated carbocycles. The lowest BCUT2D eigenvalue weighted by Gasteiger charge is -2.23. The molecule has 0 fully saturated rings. The number of hydrogen-bond acceptors (Lipinski definition) is 2. The lowest BCUT2D eigenvalue weighted by Crippen LogP contribution is -2.27. The number of nitrogens with one attached hydrogen (secondary N) is 1. The van der Waals surface area contributed by atoms with E-state index in [0.717, 1.165) is 6.54 Å². The second-order valence-corrected chi connectivity index (χ2v) is 5.56. The highest BCUT2D eigenvalue weighted by atomic mass is 32.2. The average Bonchev–Trinajstić information content (AvgIpc) is 2.30. The summed E-state index contributed by atoms with van der Waals surface area (Å²) in [6.45, 7) is 5.40. The Balaban J connectivity index is 2.56. The van der Waals surface area contributed by atoms with Gasteiger partial charge in [0.05, 0.1) is 0 Å². The molecule has 0 spiro atoms. The summed E-state index contributed by atoms with van der Waals surface area (Å²) in [5, 5.41) is 3.55. The molecule has 1 unspecified atom stereocenters. The maximum Gasteiger partial charge on any atom is 0.123 e. The molecule has 1 aromatic rings. The molecule has 1 nitrogen and oxygen atoms in total. The second kappa shape index (κ2) is 7.72. The van der Waals surface area contributed by atoms with Gasteiger partial charge in [-0.05, 0) is 48.6 Å². The van der Waals surface area contributed by atoms with Gasteiger partial charge in [0.2, 0.25) is 0 Å². The van der Waals surface area contributed by atoms with Gasteiger partial charge in [-0.25, -0.2) is 4.39 Å². The molecule has 3 heteroatoms. The van der Waals surface area contributed by atoms with Gasteiger partial charge < -0.3 is 5.32 Å². The molecule has 0 aliphatic heterocycles. The largest absolute Gasteiger partial charge is 0.310 e. The van der Waals surface area contributed by atoms with E-state index in [1.807, 2.05) is 23.9 Å². The highest BCUT2D eigenvalue weighted by Crippen LogP contribution is 2.21. The molecule has 96 valence electrons. The smallest absolute Gasteiger partial charge is 0.123 e. The summed E-state index contributed by atoms with van der Waals surface area (Å²) in [6.07, 6.45) is 3.30. The third kappa shape index (κ3) is 5.09. The molecule has 1 rings (SSSR count). The molecule has 0 bridgehead atoms. The summed E-state index contributed by atoms with van der Waals surface area (Å²) in [5.74, 6) is 1.52. The van der Waals surface area contributed by atoms with Crippen LogP contribution >= 0.6 is 11.8 Å². The Morgan fingerprint density at radius 1 is 1.24 bits per heavy atom. The van der Waals surface area contributed by atoms with Crippen molar-refractivity contribution in [2.75, 3.05) is 18.6 Å². The fourth-order valence-electron chi connectivity index (χ4n) is 1.88. The first-order valence-corrected chi connectivity index (χ1v) is 7.52. The lowest BCUT2D eigenvalue weighted by molar-refractivity contribution is 0.413. The summed E-state index contributed by atoms with van der Waals surface area (Å²) in [7, 11) is 0. The topological polar surface area (TPSA) is 12.0 Å². The van der Waals surface area contributed by atoms with E-state index in [1.54, 1.807) is 0 Å². The van der Waals surface area contributed by atoms with Crippen LogP contribution in [0.5, 0.6) is 0 Å². The predicted octanol–water partition coefficient (Wildman–Crippen LogP) is 3.87. The normalized spacial score (nSPS) is 13.0. The molecule has 0 aliphatic rings. The maximum absolute atomic E-state index is 12.9. The Labute approximate surface area is 108 Å². The Hall–Kier alpha value is -0.540. The van der Waals surface area contributed by atoms with Crippen LogP contribution in [0.25, 0.3) is 0 Å². The van der Waals surface area contributed by atoms with Crippen molar-refractivity contribution < 1.29 is 4.39 Å². The minimum Gasteiger partial charge on any atom is -0.310 e. The molecule has 1 aromatic carbocycles. The van der Waals surface area contributed by atoms with Crippen molar-refractivity contribution in [1.29, 1.82) is 0 Å². The van der Waals surface area contributed by atoms with Crippen LogP contribution in [0.15, 0.2) is 24.3 Å². The third-order valence-electron chi connectivity index (χ3n) is 2.79. The van der Waals surface area contributed by atoms with Crippen LogP contribution < -0.4 is 5.32 Å². The van der Waals surface area contributed by atoms with Gasteiger partial charge in [0.25, 0.3) is 0 Å². The van der Waals surface area contributed by atoms with Gasteiger partial charge in [0.15, 0.2) is 0 Å². The lowest BCUT2D eigenvalue weighted by atomic mass is 9.96. The first kappa shape index (κ1) is 14.5. The Morgan fingerprint density at radius 2 is 1.88 bits per heavy atom. The summed E-state index contributed by atoms with van der Waals surface area (Å²) in [6, 6.07) is 7.14. The van der Waals surface area contributed by atoms with Crippen molar-refractivity contribution in [3.63, 3.8) is 0 Å². The number of halogens is 1. The van der Waals surface area contributed by atoms with Crippen molar-refractivity contribution in [1.82, 2.24) is 5.32 Å². The highest BCUT2D eigenvalue weighted by Gasteiger charge is 2.14. The van der Waals surface area contributed by atoms with Crippen LogP contribution in [-0.4, -0.2) is 18.6 Å². The van der Waals surface area contributed by atoms with E-state index in [0.29, 0.717) is 12.0 Å². The van der Waals surface area contributed by atoms with Crippen LogP contribution in [0.3, 0.4) is 0 Å². The molecule has 0 aliphatic carbocycles. The first-order valence-electron chi connectivity index (χ1n) is 6.13. The van der Waals surface area contributed by atoms with Crippen LogP contribution in [0, 0.1) is 11.7 Å². The van der Waals surface area contributed by atoms with Gasteiger partial charge in [0, 0.05) is 6.04 Å². The van der Waals surface area contributed by atoms with E-state index in [2.05, 4.69) is 25.4 Å². The van der Waals surface area contributed by atoms with E-state index < -0.39 is 0 Å². The fourth-order valence-corrected chi connectivity index (χ4v) is 2.32. The van der Waals surface area contributed by atoms with Crippen molar-refractivity contribution in [3.05, 3.63) is 35.6 Å². The SMILES string of the molecule is CSCCCNC(c1ccc(F)cc1)C(C)C. The molecule has 0 aromatic heterocycles. The molecular weight excluding hydrogens is 233 g/mol. The van der Waals surface area contributed by atoms with Gasteiger partial charge in [-0.3, -0.25) is 0 Å². The monoisotopic (exact) mass is 255 g/mol. The van der Waals surface area contributed by atoms with E-state index in [4.69, 9.17) is 0 Å². The Bertz CT molecular complexity index is 311. The van der Waals surface area contributed by atoms with Gasteiger partial charge in [0.1, 0.15) is 5.82 Å². The van der Waals surface area contributed by atoms with Gasteiger partial charge in [-0.15, -0.1) is 0 Å². The quantitative estimate of drug-likeness (QED) is 0.742. The molecule has 1 atom stereocenters. The van der Waals surface area contributed by atoms with E-state index in [1.165, 1.54) is 29.9 Å². The fraction of sp³-hybridized carbons (Fsp3) is 0.571. The van der Waals surface area contributed by atoms with E-state index >= 15 is 0 Å². The molecular formula is C14H22FNS. The number of benzene rings is 1. The van der Waals surface area contributed by atoms with Crippen LogP contribution in [-0.2, 0) is 0 Å². The van der Waals surface area contributed by atoms with E-state index in [-0.39, 0.29) is 5.82 Å². The molecule has 0 heterocycles. The average molecular weight is 255 g/mol. The third-order valence-corrected chi connectivity index (χ3v) is 3.48. The number of hydrogen-bond donors (Lipinski definition) is 1. The minimum atomic E-state index is -0.168. The molecule has 0 amide bonds. The van der Waals surface area contributed by atoms with Crippen molar-refractivity contribution >= 4 is 11.8 Å². The van der Waals surface area contributed by atoms with Crippen molar-refractivity contribution in [3.8, 4) is 0 Å². The zero-order valence-electron chi connectivity index (χ0n) is 10.9. The van der Waals surface area contributed by atoms with Crippen LogP contribution in [0.2, 0.25) is 0 Å². The molecule has 0 saturated heterocycles. The summed E-state index contributed by atoms with van der Waals surface area (Å²) < 4.78 is 12.9. The second-order valence-electron chi connectivity index (χ2n) is 4.57. The molecule has 17 heavy (non-hydrogen) atoms. The number of rotatable bonds is 7. The standard InChI is InChI=1S/C14H22FNS/c1-11(2)14(16-9-4-10-17-3)12-5-7-13(15)8-6-12/h5-8,11,14,16H,4,9-10H2,1-3H3. The van der Waals surface area contributed by atoms with Crippen LogP contribution in [0.4, 0.5) is 4.39 Å². The van der Waals surface area contributed by atoms with Gasteiger partial charge in [-0.1, -0.05) is 26.0 Å². The van der Waals surface area contributed by atoms with Gasteiger partial charge in [-0.2, -0.15) is 11.8 Å². The summed E-state index contributed by atoms with van der Waals surface area (Å²) >= 11 is 1.87. The van der Waals surface area contributed by atoms with Crippen LogP contribution in [0.1, 0.15) is 31.9 Å². The highest BCUT2D eigenvalue weighted by molar-refractivity contribution is 7.98. The number of thioether (sulfide) groups is 1. The van der Waals surface area contributed by atoms with Crippen molar-refractivity contribution in [2.45, 2.75) is 26.3 Å². The van der Waals surface area contributed by atoms with Crippen molar-refractivity contribution in [2.24, 2.45) is 5.92 Å². The Kier molecular flexibility index (Phi) is 6.60. The summed E-state index contributed by atoms with van der Waals surface area (Å²) in [4.78, 5) is 0. The Morgan fingerprint density at radius 3 is 2.41 bits per heavy atom. The minimum absolute atomic E-state index is 0.168. The van der Waals surface area contributed by atoms with Gasteiger partial charge >= 0.3 is 0 Å².